The van der Waals surface area contributed by atoms with Crippen LogP contribution in [0.3, 0.4) is 0 Å². The molecular formula is C86H53NS2. The lowest BCUT2D eigenvalue weighted by atomic mass is 9.86. The largest absolute Gasteiger partial charge is 0.309 e. The van der Waals surface area contributed by atoms with Crippen molar-refractivity contribution in [1.29, 1.82) is 0 Å². The number of hydrogen-bond donors (Lipinski definition) is 0. The van der Waals surface area contributed by atoms with Gasteiger partial charge in [0.05, 0.1) is 11.0 Å². The van der Waals surface area contributed by atoms with Gasteiger partial charge < -0.3 is 4.57 Å². The van der Waals surface area contributed by atoms with Crippen LogP contribution < -0.4 is 0 Å². The van der Waals surface area contributed by atoms with Gasteiger partial charge in [-0.1, -0.05) is 237 Å². The van der Waals surface area contributed by atoms with E-state index < -0.39 is 0 Å². The predicted octanol–water partition coefficient (Wildman–Crippen LogP) is 25.2. The third kappa shape index (κ3) is 8.57. The molecule has 0 fully saturated rings. The van der Waals surface area contributed by atoms with Gasteiger partial charge in [-0.15, -0.1) is 22.7 Å². The van der Waals surface area contributed by atoms with Crippen LogP contribution in [0, 0.1) is 0 Å². The Morgan fingerprint density at radius 1 is 0.191 bits per heavy atom. The molecule has 3 aromatic heterocycles. The molecule has 18 aromatic rings. The van der Waals surface area contributed by atoms with Crippen molar-refractivity contribution in [3.63, 3.8) is 0 Å². The summed E-state index contributed by atoms with van der Waals surface area (Å²) in [6.45, 7) is 0. The number of thiophene rings is 2. The summed E-state index contributed by atoms with van der Waals surface area (Å²) in [4.78, 5) is 0. The third-order valence-electron chi connectivity index (χ3n) is 18.4. The molecule has 0 aliphatic carbocycles. The van der Waals surface area contributed by atoms with Gasteiger partial charge >= 0.3 is 0 Å². The van der Waals surface area contributed by atoms with Gasteiger partial charge in [-0.3, -0.25) is 0 Å². The lowest BCUT2D eigenvalue weighted by Crippen LogP contribution is -1.95. The van der Waals surface area contributed by atoms with Gasteiger partial charge in [0.2, 0.25) is 0 Å². The molecule has 18 rings (SSSR count). The summed E-state index contributed by atoms with van der Waals surface area (Å²) in [6.07, 6.45) is 0. The topological polar surface area (TPSA) is 4.93 Å². The van der Waals surface area contributed by atoms with Crippen LogP contribution in [0.2, 0.25) is 0 Å². The van der Waals surface area contributed by atoms with E-state index in [9.17, 15) is 0 Å². The Morgan fingerprint density at radius 2 is 0.494 bits per heavy atom. The lowest BCUT2D eigenvalue weighted by molar-refractivity contribution is 1.18. The van der Waals surface area contributed by atoms with Crippen molar-refractivity contribution < 1.29 is 0 Å². The summed E-state index contributed by atoms with van der Waals surface area (Å²) in [5.74, 6) is 0. The zero-order valence-electron chi connectivity index (χ0n) is 48.4. The summed E-state index contributed by atoms with van der Waals surface area (Å²) in [7, 11) is 0. The Balaban J connectivity index is 0.866. The van der Waals surface area contributed by atoms with Crippen molar-refractivity contribution in [1.82, 2.24) is 4.57 Å². The van der Waals surface area contributed by atoms with Crippen molar-refractivity contribution in [2.24, 2.45) is 0 Å². The van der Waals surface area contributed by atoms with Gasteiger partial charge in [0.25, 0.3) is 0 Å². The first-order valence-electron chi connectivity index (χ1n) is 30.5. The minimum Gasteiger partial charge on any atom is -0.309 e. The lowest BCUT2D eigenvalue weighted by Gasteiger charge is -2.18. The molecule has 3 heterocycles. The standard InChI is InChI=1S/C86H53NS2/c1-6-20-54(21-7-1)60-38-44-81-75(46-60)77-52-64(56-24-10-3-11-25-56)50-71(85(77)88-81)62-36-42-79-73(48-62)74-49-63(72-51-65(57-26-12-4-13-27-57)53-78-76-47-61(55-22-8-2-9-23-55)39-45-82(76)89-86(72)78)37-43-80(74)87(79)66-40-34-59(35-41-66)84-69-32-18-16-30-67(69)83(58-28-14-5-15-29-58)68-31-17-19-33-70(68)84/h1-53H. The molecular weight excluding hydrogens is 1110 g/mol. The molecule has 0 atom stereocenters. The van der Waals surface area contributed by atoms with Crippen LogP contribution in [-0.2, 0) is 0 Å². The van der Waals surface area contributed by atoms with Gasteiger partial charge in [-0.2, -0.15) is 0 Å². The monoisotopic (exact) mass is 1160 g/mol. The van der Waals surface area contributed by atoms with Gasteiger partial charge in [0, 0.05) is 67.9 Å². The summed E-state index contributed by atoms with van der Waals surface area (Å²) in [6, 6.07) is 120. The molecule has 0 spiro atoms. The van der Waals surface area contributed by atoms with Crippen molar-refractivity contribution in [3.05, 3.63) is 322 Å². The van der Waals surface area contributed by atoms with E-state index in [1.54, 1.807) is 0 Å². The van der Waals surface area contributed by atoms with Gasteiger partial charge in [0.1, 0.15) is 0 Å². The molecule has 15 aromatic carbocycles. The summed E-state index contributed by atoms with van der Waals surface area (Å²) in [5.41, 5.74) is 23.0. The molecule has 0 amide bonds. The predicted molar refractivity (Wildman–Crippen MR) is 385 cm³/mol. The van der Waals surface area contributed by atoms with Gasteiger partial charge in [-0.25, -0.2) is 0 Å². The van der Waals surface area contributed by atoms with Crippen molar-refractivity contribution in [2.75, 3.05) is 0 Å². The van der Waals surface area contributed by atoms with Crippen LogP contribution >= 0.6 is 22.7 Å². The van der Waals surface area contributed by atoms with E-state index in [4.69, 9.17) is 0 Å². The number of fused-ring (bicyclic) bond motifs is 11. The Kier molecular flexibility index (Phi) is 12.0. The van der Waals surface area contributed by atoms with Gasteiger partial charge in [-0.05, 0) is 184 Å². The number of hydrogen-bond acceptors (Lipinski definition) is 2. The van der Waals surface area contributed by atoms with E-state index in [1.165, 1.54) is 162 Å². The maximum atomic E-state index is 2.50. The maximum Gasteiger partial charge on any atom is 0.0541 e. The average molecular weight is 1160 g/mol. The molecule has 0 unspecified atom stereocenters. The first-order valence-corrected chi connectivity index (χ1v) is 32.2. The second-order valence-corrected chi connectivity index (χ2v) is 25.5. The first kappa shape index (κ1) is 51.3. The van der Waals surface area contributed by atoms with E-state index in [0.29, 0.717) is 0 Å². The molecule has 0 N–H and O–H groups in total. The summed E-state index contributed by atoms with van der Waals surface area (Å²) < 4.78 is 7.65. The normalized spacial score (nSPS) is 11.8. The van der Waals surface area contributed by atoms with Crippen molar-refractivity contribution in [3.8, 4) is 94.7 Å². The molecule has 3 heteroatoms. The Hall–Kier alpha value is -10.9. The highest BCUT2D eigenvalue weighted by molar-refractivity contribution is 7.26. The highest BCUT2D eigenvalue weighted by atomic mass is 32.1. The molecule has 0 bridgehead atoms. The van der Waals surface area contributed by atoms with E-state index in [1.807, 2.05) is 22.7 Å². The SMILES string of the molecule is c1ccc(-c2ccc3sc4c(-c5ccc6c(c5)c5cc(-c7cc(-c8ccccc8)cc8c7sc7ccc(-c9ccccc9)cc78)ccc5n6-c5ccc(-c6c7ccccc7c(-c7ccccc7)c7ccccc67)cc5)cc(-c5ccccc5)cc4c3c2)cc1. The zero-order chi connectivity index (χ0) is 58.5. The molecule has 0 saturated heterocycles. The second kappa shape index (κ2) is 20.9. The molecule has 1 nitrogen and oxygen atoms in total. The average Bonchev–Trinajstić information content (AvgIpc) is 1.87. The van der Waals surface area contributed by atoms with Crippen LogP contribution in [-0.4, -0.2) is 4.57 Å². The highest BCUT2D eigenvalue weighted by Crippen LogP contribution is 2.49. The second-order valence-electron chi connectivity index (χ2n) is 23.4. The summed E-state index contributed by atoms with van der Waals surface area (Å²) in [5, 5.41) is 12.5. The fourth-order valence-electron chi connectivity index (χ4n) is 14.2. The Morgan fingerprint density at radius 3 is 0.888 bits per heavy atom. The number of benzene rings is 15. The molecule has 0 aliphatic heterocycles. The number of aromatic nitrogens is 1. The van der Waals surface area contributed by atoms with Crippen molar-refractivity contribution in [2.45, 2.75) is 0 Å². The smallest absolute Gasteiger partial charge is 0.0541 e. The zero-order valence-corrected chi connectivity index (χ0v) is 50.0. The van der Waals surface area contributed by atoms with E-state index in [-0.39, 0.29) is 0 Å². The minimum atomic E-state index is 1.11. The Bertz CT molecular complexity index is 5490. The molecule has 0 radical (unpaired) electrons. The number of rotatable bonds is 9. The minimum absolute atomic E-state index is 1.11. The number of nitrogens with zero attached hydrogens (tertiary/aromatic N) is 1. The van der Waals surface area contributed by atoms with Crippen LogP contribution in [0.1, 0.15) is 0 Å². The Labute approximate surface area is 523 Å². The first-order chi connectivity index (χ1) is 44.1. The van der Waals surface area contributed by atoms with Crippen LogP contribution in [0.25, 0.3) is 178 Å². The highest BCUT2D eigenvalue weighted by Gasteiger charge is 2.22. The quantitative estimate of drug-likeness (QED) is 0.127. The fraction of sp³-hybridized carbons (Fsp3) is 0. The fourth-order valence-corrected chi connectivity index (χ4v) is 16.6. The van der Waals surface area contributed by atoms with E-state index in [2.05, 4.69) is 326 Å². The maximum absolute atomic E-state index is 2.50. The van der Waals surface area contributed by atoms with E-state index >= 15 is 0 Å². The van der Waals surface area contributed by atoms with Crippen LogP contribution in [0.4, 0.5) is 0 Å². The van der Waals surface area contributed by atoms with Crippen molar-refractivity contribution >= 4 is 106 Å². The van der Waals surface area contributed by atoms with Crippen LogP contribution in [0.5, 0.6) is 0 Å². The van der Waals surface area contributed by atoms with E-state index in [0.717, 1.165) is 16.7 Å². The summed E-state index contributed by atoms with van der Waals surface area (Å²) >= 11 is 3.80. The molecule has 414 valence electrons. The molecule has 0 aliphatic rings. The molecule has 0 saturated carbocycles. The third-order valence-corrected chi connectivity index (χ3v) is 20.8. The van der Waals surface area contributed by atoms with Gasteiger partial charge in [0.15, 0.2) is 0 Å². The molecule has 89 heavy (non-hydrogen) atoms. The van der Waals surface area contributed by atoms with Crippen LogP contribution in [0.15, 0.2) is 322 Å².